The highest BCUT2D eigenvalue weighted by atomic mass is 35.5. The summed E-state index contributed by atoms with van der Waals surface area (Å²) in [4.78, 5) is 7.73. The van der Waals surface area contributed by atoms with Crippen molar-refractivity contribution in [2.24, 2.45) is 5.92 Å². The lowest BCUT2D eigenvalue weighted by Gasteiger charge is -2.16. The van der Waals surface area contributed by atoms with E-state index in [1.54, 1.807) is 6.07 Å². The minimum Gasteiger partial charge on any atom is -0.459 e. The van der Waals surface area contributed by atoms with Crippen molar-refractivity contribution in [3.8, 4) is 28.3 Å². The molecule has 5 rings (SSSR count). The number of hydrogen-bond acceptors (Lipinski definition) is 4. The fourth-order valence-electron chi connectivity index (χ4n) is 4.06. The van der Waals surface area contributed by atoms with Crippen LogP contribution in [0.4, 0.5) is 4.39 Å². The summed E-state index contributed by atoms with van der Waals surface area (Å²) in [5, 5.41) is 9.95. The van der Waals surface area contributed by atoms with Gasteiger partial charge in [-0.2, -0.15) is 4.98 Å². The molecule has 1 saturated heterocycles. The standard InChI is InChI=1S/C25H22ClFN2O3/c1-14-23(12-30)31-13-24(14)32-25-28-21-10-19(20(26)11-22(21)29-25)16-7-5-15(6-8-16)17-3-2-4-18(27)9-17/h2-11,14,23-24,30H,12-13H2,1H3,(H,28,29)/t14-,23-,24?/m1/s1. The molecule has 1 aliphatic rings. The van der Waals surface area contributed by atoms with Crippen LogP contribution in [0, 0.1) is 11.7 Å². The monoisotopic (exact) mass is 452 g/mol. The number of ether oxygens (including phenoxy) is 2. The van der Waals surface area contributed by atoms with Crippen molar-refractivity contribution < 1.29 is 19.0 Å². The summed E-state index contributed by atoms with van der Waals surface area (Å²) in [6.45, 7) is 2.37. The third-order valence-corrected chi connectivity index (χ3v) is 6.31. The molecule has 1 aliphatic heterocycles. The summed E-state index contributed by atoms with van der Waals surface area (Å²) in [5.41, 5.74) is 5.04. The number of aromatic nitrogens is 2. The number of rotatable bonds is 5. The van der Waals surface area contributed by atoms with Crippen molar-refractivity contribution in [2.75, 3.05) is 13.2 Å². The van der Waals surface area contributed by atoms with Crippen molar-refractivity contribution in [3.63, 3.8) is 0 Å². The van der Waals surface area contributed by atoms with E-state index in [1.807, 2.05) is 49.4 Å². The second-order valence-electron chi connectivity index (χ2n) is 8.05. The fourth-order valence-corrected chi connectivity index (χ4v) is 4.33. The second-order valence-corrected chi connectivity index (χ2v) is 8.46. The number of hydrogen-bond donors (Lipinski definition) is 2. The number of nitrogens with one attached hydrogen (secondary N) is 1. The van der Waals surface area contributed by atoms with E-state index in [9.17, 15) is 9.50 Å². The number of nitrogens with zero attached hydrogens (tertiary/aromatic N) is 1. The average Bonchev–Trinajstić information content (AvgIpc) is 3.35. The molecule has 5 nitrogen and oxygen atoms in total. The molecule has 3 atom stereocenters. The van der Waals surface area contributed by atoms with Crippen molar-refractivity contribution in [1.29, 1.82) is 0 Å². The molecule has 0 spiro atoms. The molecule has 3 aromatic carbocycles. The van der Waals surface area contributed by atoms with Crippen LogP contribution in [0.3, 0.4) is 0 Å². The van der Waals surface area contributed by atoms with Crippen LogP contribution < -0.4 is 4.74 Å². The number of H-pyrrole nitrogens is 1. The Morgan fingerprint density at radius 1 is 1.12 bits per heavy atom. The highest BCUT2D eigenvalue weighted by molar-refractivity contribution is 6.34. The van der Waals surface area contributed by atoms with Crippen LogP contribution in [0.5, 0.6) is 6.01 Å². The third-order valence-electron chi connectivity index (χ3n) is 5.99. The Hall–Kier alpha value is -2.93. The Morgan fingerprint density at radius 3 is 2.62 bits per heavy atom. The number of imidazole rings is 1. The van der Waals surface area contributed by atoms with Gasteiger partial charge in [0.1, 0.15) is 11.9 Å². The largest absolute Gasteiger partial charge is 0.459 e. The summed E-state index contributed by atoms with van der Waals surface area (Å²) < 4.78 is 25.1. The van der Waals surface area contributed by atoms with Gasteiger partial charge in [-0.3, -0.25) is 0 Å². The van der Waals surface area contributed by atoms with E-state index in [2.05, 4.69) is 9.97 Å². The van der Waals surface area contributed by atoms with Crippen LogP contribution in [0.1, 0.15) is 6.92 Å². The molecule has 0 aliphatic carbocycles. The summed E-state index contributed by atoms with van der Waals surface area (Å²) in [7, 11) is 0. The van der Waals surface area contributed by atoms with E-state index < -0.39 is 0 Å². The Balaban J connectivity index is 1.41. The van der Waals surface area contributed by atoms with Gasteiger partial charge < -0.3 is 19.6 Å². The van der Waals surface area contributed by atoms with Gasteiger partial charge in [0.05, 0.1) is 35.4 Å². The molecule has 2 heterocycles. The Bertz CT molecular complexity index is 1260. The van der Waals surface area contributed by atoms with E-state index >= 15 is 0 Å². The zero-order valence-electron chi connectivity index (χ0n) is 17.4. The average molecular weight is 453 g/mol. The van der Waals surface area contributed by atoms with E-state index in [1.165, 1.54) is 12.1 Å². The molecule has 0 amide bonds. The van der Waals surface area contributed by atoms with Crippen molar-refractivity contribution in [3.05, 3.63) is 71.5 Å². The van der Waals surface area contributed by atoms with Crippen LogP contribution in [0.2, 0.25) is 5.02 Å². The molecule has 7 heteroatoms. The smallest absolute Gasteiger partial charge is 0.294 e. The first-order valence-corrected chi connectivity index (χ1v) is 10.8. The minimum absolute atomic E-state index is 0.0296. The molecule has 1 unspecified atom stereocenters. The van der Waals surface area contributed by atoms with Crippen LogP contribution in [-0.4, -0.2) is 40.5 Å². The lowest BCUT2D eigenvalue weighted by Crippen LogP contribution is -2.28. The maximum Gasteiger partial charge on any atom is 0.294 e. The molecule has 4 aromatic rings. The number of aromatic amines is 1. The number of aliphatic hydroxyl groups excluding tert-OH is 1. The van der Waals surface area contributed by atoms with Gasteiger partial charge >= 0.3 is 0 Å². The van der Waals surface area contributed by atoms with Gasteiger partial charge in [-0.05, 0) is 41.0 Å². The van der Waals surface area contributed by atoms with E-state index in [-0.39, 0.29) is 30.5 Å². The Morgan fingerprint density at radius 2 is 1.91 bits per heavy atom. The lowest BCUT2D eigenvalue weighted by molar-refractivity contribution is 0.0424. The normalized spacial score (nSPS) is 20.7. The van der Waals surface area contributed by atoms with E-state index in [4.69, 9.17) is 21.1 Å². The maximum absolute atomic E-state index is 13.5. The number of fused-ring (bicyclic) bond motifs is 1. The zero-order chi connectivity index (χ0) is 22.2. The van der Waals surface area contributed by atoms with Crippen LogP contribution in [0.25, 0.3) is 33.3 Å². The van der Waals surface area contributed by atoms with Gasteiger partial charge in [0.25, 0.3) is 6.01 Å². The third kappa shape index (κ3) is 3.97. The van der Waals surface area contributed by atoms with Crippen molar-refractivity contribution in [1.82, 2.24) is 9.97 Å². The first-order valence-electron chi connectivity index (χ1n) is 10.5. The van der Waals surface area contributed by atoms with Gasteiger partial charge in [-0.25, -0.2) is 4.39 Å². The topological polar surface area (TPSA) is 67.4 Å². The summed E-state index contributed by atoms with van der Waals surface area (Å²) in [5.74, 6) is -0.203. The first-order chi connectivity index (χ1) is 15.5. The number of benzene rings is 3. The molecule has 1 fully saturated rings. The van der Waals surface area contributed by atoms with Crippen molar-refractivity contribution >= 4 is 22.6 Å². The second kappa shape index (κ2) is 8.54. The van der Waals surface area contributed by atoms with Crippen LogP contribution in [0.15, 0.2) is 60.7 Å². The molecule has 164 valence electrons. The summed E-state index contributed by atoms with van der Waals surface area (Å²) in [6.07, 6.45) is -0.404. The SMILES string of the molecule is C[C@H]1C(Oc2nc3cc(-c4ccc(-c5cccc(F)c5)cc4)c(Cl)cc3[nH]2)CO[C@@H]1CO. The van der Waals surface area contributed by atoms with Crippen molar-refractivity contribution in [2.45, 2.75) is 19.1 Å². The molecule has 0 saturated carbocycles. The van der Waals surface area contributed by atoms with E-state index in [0.717, 1.165) is 33.3 Å². The van der Waals surface area contributed by atoms with Gasteiger partial charge in [-0.1, -0.05) is 54.9 Å². The molecule has 2 N–H and O–H groups in total. The first kappa shape index (κ1) is 20.9. The molecular weight excluding hydrogens is 431 g/mol. The predicted octanol–water partition coefficient (Wildman–Crippen LogP) is 5.46. The fraction of sp³-hybridized carbons (Fsp3) is 0.240. The highest BCUT2D eigenvalue weighted by Crippen LogP contribution is 2.34. The van der Waals surface area contributed by atoms with Gasteiger partial charge in [0.2, 0.25) is 0 Å². The molecule has 32 heavy (non-hydrogen) atoms. The Labute approximate surface area is 189 Å². The van der Waals surface area contributed by atoms with Crippen LogP contribution in [-0.2, 0) is 4.74 Å². The number of halogens is 2. The van der Waals surface area contributed by atoms with Gasteiger partial charge in [0.15, 0.2) is 0 Å². The highest BCUT2D eigenvalue weighted by Gasteiger charge is 2.35. The maximum atomic E-state index is 13.5. The number of aliphatic hydroxyl groups is 1. The van der Waals surface area contributed by atoms with Gasteiger partial charge in [-0.15, -0.1) is 0 Å². The minimum atomic E-state index is -0.262. The molecule has 0 radical (unpaired) electrons. The van der Waals surface area contributed by atoms with Gasteiger partial charge in [0, 0.05) is 11.5 Å². The van der Waals surface area contributed by atoms with E-state index in [0.29, 0.717) is 17.6 Å². The summed E-state index contributed by atoms with van der Waals surface area (Å²) in [6, 6.07) is 18.5. The molecular formula is C25H22ClFN2O3. The quantitative estimate of drug-likeness (QED) is 0.421. The predicted molar refractivity (Wildman–Crippen MR) is 122 cm³/mol. The van der Waals surface area contributed by atoms with Crippen LogP contribution >= 0.6 is 11.6 Å². The molecule has 1 aromatic heterocycles. The zero-order valence-corrected chi connectivity index (χ0v) is 18.1. The molecule has 0 bridgehead atoms. The Kier molecular flexibility index (Phi) is 5.59. The lowest BCUT2D eigenvalue weighted by atomic mass is 10.00. The summed E-state index contributed by atoms with van der Waals surface area (Å²) >= 11 is 6.57.